The molecule has 0 radical (unpaired) electrons. The van der Waals surface area contributed by atoms with Crippen molar-refractivity contribution < 1.29 is 9.90 Å². The molecule has 4 heteroatoms. The summed E-state index contributed by atoms with van der Waals surface area (Å²) in [4.78, 5) is 23.8. The summed E-state index contributed by atoms with van der Waals surface area (Å²) < 4.78 is 1.39. The fourth-order valence-corrected chi connectivity index (χ4v) is 2.01. The first-order valence-corrected chi connectivity index (χ1v) is 6.07. The average molecular weight is 257 g/mol. The zero-order chi connectivity index (χ0) is 14.0. The van der Waals surface area contributed by atoms with Crippen LogP contribution in [0.4, 0.5) is 0 Å². The molecule has 2 rings (SSSR count). The Labute approximate surface area is 110 Å². The predicted octanol–water partition coefficient (Wildman–Crippen LogP) is 2.35. The summed E-state index contributed by atoms with van der Waals surface area (Å²) in [6.45, 7) is 1.66. The smallest absolute Gasteiger partial charge is 0.265 e. The number of ketones is 1. The zero-order valence-corrected chi connectivity index (χ0v) is 10.9. The lowest BCUT2D eigenvalue weighted by atomic mass is 10.1. The van der Waals surface area contributed by atoms with E-state index < -0.39 is 5.56 Å². The van der Waals surface area contributed by atoms with Gasteiger partial charge in [-0.2, -0.15) is 0 Å². The fraction of sp³-hybridized carbons (Fsp3) is 0.200. The molecular formula is C15H15NO3. The topological polar surface area (TPSA) is 59.3 Å². The standard InChI is InChI=1S/C15H15NO3/c1-3-12(17)14-13(18)9-11(16(2)15(14)19)10-7-5-4-6-8-10/h4-9,18H,3H2,1-2H3. The molecule has 0 saturated carbocycles. The molecule has 0 amide bonds. The number of rotatable bonds is 3. The number of aromatic nitrogens is 1. The Balaban J connectivity index is 2.69. The maximum Gasteiger partial charge on any atom is 0.265 e. The molecule has 0 fully saturated rings. The van der Waals surface area contributed by atoms with Gasteiger partial charge in [0.05, 0.1) is 5.69 Å². The van der Waals surface area contributed by atoms with Crippen molar-refractivity contribution in [3.05, 3.63) is 52.3 Å². The van der Waals surface area contributed by atoms with Gasteiger partial charge in [0.25, 0.3) is 5.56 Å². The molecule has 0 saturated heterocycles. The third-order valence-corrected chi connectivity index (χ3v) is 3.08. The van der Waals surface area contributed by atoms with Crippen LogP contribution in [-0.4, -0.2) is 15.5 Å². The van der Waals surface area contributed by atoms with Crippen molar-refractivity contribution >= 4 is 5.78 Å². The Morgan fingerprint density at radius 1 is 1.26 bits per heavy atom. The van der Waals surface area contributed by atoms with Crippen molar-refractivity contribution in [3.63, 3.8) is 0 Å². The van der Waals surface area contributed by atoms with E-state index >= 15 is 0 Å². The van der Waals surface area contributed by atoms with E-state index in [4.69, 9.17) is 0 Å². The highest BCUT2D eigenvalue weighted by Gasteiger charge is 2.18. The van der Waals surface area contributed by atoms with Gasteiger partial charge in [0.1, 0.15) is 11.3 Å². The van der Waals surface area contributed by atoms with Gasteiger partial charge in [-0.25, -0.2) is 0 Å². The van der Waals surface area contributed by atoms with Crippen molar-refractivity contribution in [1.82, 2.24) is 4.57 Å². The van der Waals surface area contributed by atoms with Crippen molar-refractivity contribution in [3.8, 4) is 17.0 Å². The third kappa shape index (κ3) is 2.29. The molecule has 0 aliphatic heterocycles. The first-order chi connectivity index (χ1) is 9.06. The monoisotopic (exact) mass is 257 g/mol. The molecule has 0 atom stereocenters. The maximum atomic E-state index is 12.2. The molecule has 1 aromatic heterocycles. The van der Waals surface area contributed by atoms with Crippen LogP contribution in [0.5, 0.6) is 5.75 Å². The molecule has 0 unspecified atom stereocenters. The Bertz CT molecular complexity index is 672. The van der Waals surface area contributed by atoms with Crippen LogP contribution in [-0.2, 0) is 7.05 Å². The molecule has 0 bridgehead atoms. The number of pyridine rings is 1. The number of aromatic hydroxyl groups is 1. The number of benzene rings is 1. The second kappa shape index (κ2) is 5.10. The van der Waals surface area contributed by atoms with Gasteiger partial charge >= 0.3 is 0 Å². The van der Waals surface area contributed by atoms with Crippen LogP contribution in [0.25, 0.3) is 11.3 Å². The van der Waals surface area contributed by atoms with Crippen molar-refractivity contribution in [2.75, 3.05) is 0 Å². The Hall–Kier alpha value is -2.36. The van der Waals surface area contributed by atoms with E-state index in [0.717, 1.165) is 5.56 Å². The van der Waals surface area contributed by atoms with Crippen LogP contribution in [0.3, 0.4) is 0 Å². The second-order valence-electron chi connectivity index (χ2n) is 4.30. The summed E-state index contributed by atoms with van der Waals surface area (Å²) in [5.41, 5.74) is 0.791. The second-order valence-corrected chi connectivity index (χ2v) is 4.30. The highest BCUT2D eigenvalue weighted by Crippen LogP contribution is 2.24. The first kappa shape index (κ1) is 13.1. The Morgan fingerprint density at radius 2 is 1.89 bits per heavy atom. The zero-order valence-electron chi connectivity index (χ0n) is 10.9. The fourth-order valence-electron chi connectivity index (χ4n) is 2.01. The molecule has 2 aromatic rings. The van der Waals surface area contributed by atoms with E-state index in [-0.39, 0.29) is 23.5 Å². The van der Waals surface area contributed by atoms with Crippen LogP contribution in [0.1, 0.15) is 23.7 Å². The molecule has 1 heterocycles. The molecule has 0 spiro atoms. The lowest BCUT2D eigenvalue weighted by Crippen LogP contribution is -2.25. The Kier molecular flexibility index (Phi) is 3.51. The third-order valence-electron chi connectivity index (χ3n) is 3.08. The summed E-state index contributed by atoms with van der Waals surface area (Å²) in [6, 6.07) is 10.7. The first-order valence-electron chi connectivity index (χ1n) is 6.07. The number of Topliss-reactive ketones (excluding diaryl/α,β-unsaturated/α-hetero) is 1. The number of carbonyl (C=O) groups is 1. The van der Waals surface area contributed by atoms with Gasteiger partial charge in [0.2, 0.25) is 0 Å². The van der Waals surface area contributed by atoms with Gasteiger partial charge < -0.3 is 9.67 Å². The van der Waals surface area contributed by atoms with Crippen molar-refractivity contribution in [1.29, 1.82) is 0 Å². The largest absolute Gasteiger partial charge is 0.507 e. The molecule has 0 aliphatic rings. The molecular weight excluding hydrogens is 242 g/mol. The molecule has 4 nitrogen and oxygen atoms in total. The lowest BCUT2D eigenvalue weighted by Gasteiger charge is -2.11. The molecule has 0 aliphatic carbocycles. The van der Waals surface area contributed by atoms with E-state index in [1.54, 1.807) is 14.0 Å². The minimum absolute atomic E-state index is 0.135. The summed E-state index contributed by atoms with van der Waals surface area (Å²) in [6.07, 6.45) is 0.188. The van der Waals surface area contributed by atoms with E-state index in [1.807, 2.05) is 30.3 Å². The Morgan fingerprint density at radius 3 is 2.47 bits per heavy atom. The maximum absolute atomic E-state index is 12.2. The van der Waals surface area contributed by atoms with E-state index in [1.165, 1.54) is 10.6 Å². The number of hydrogen-bond donors (Lipinski definition) is 1. The lowest BCUT2D eigenvalue weighted by molar-refractivity contribution is 0.0983. The summed E-state index contributed by atoms with van der Waals surface area (Å²) in [5.74, 6) is -0.605. The number of carbonyl (C=O) groups excluding carboxylic acids is 1. The quantitative estimate of drug-likeness (QED) is 0.859. The number of nitrogens with zero attached hydrogens (tertiary/aromatic N) is 1. The highest BCUT2D eigenvalue weighted by atomic mass is 16.3. The van der Waals surface area contributed by atoms with Gasteiger partial charge in [-0.1, -0.05) is 37.3 Å². The van der Waals surface area contributed by atoms with Gasteiger partial charge in [0, 0.05) is 19.5 Å². The summed E-state index contributed by atoms with van der Waals surface area (Å²) >= 11 is 0. The number of hydrogen-bond acceptors (Lipinski definition) is 3. The minimum Gasteiger partial charge on any atom is -0.507 e. The predicted molar refractivity (Wildman–Crippen MR) is 73.4 cm³/mol. The van der Waals surface area contributed by atoms with Crippen molar-refractivity contribution in [2.24, 2.45) is 7.05 Å². The normalized spacial score (nSPS) is 10.4. The van der Waals surface area contributed by atoms with Gasteiger partial charge in [-0.05, 0) is 5.56 Å². The molecule has 1 aromatic carbocycles. The summed E-state index contributed by atoms with van der Waals surface area (Å²) in [5, 5.41) is 9.93. The van der Waals surface area contributed by atoms with Gasteiger partial charge in [-0.15, -0.1) is 0 Å². The SMILES string of the molecule is CCC(=O)c1c(O)cc(-c2ccccc2)n(C)c1=O. The molecule has 98 valence electrons. The summed E-state index contributed by atoms with van der Waals surface area (Å²) in [7, 11) is 1.59. The average Bonchev–Trinajstić information content (AvgIpc) is 2.43. The van der Waals surface area contributed by atoms with Crippen LogP contribution in [0.2, 0.25) is 0 Å². The van der Waals surface area contributed by atoms with Gasteiger partial charge in [0.15, 0.2) is 5.78 Å². The van der Waals surface area contributed by atoms with Gasteiger partial charge in [-0.3, -0.25) is 9.59 Å². The van der Waals surface area contributed by atoms with E-state index in [2.05, 4.69) is 0 Å². The molecule has 1 N–H and O–H groups in total. The van der Waals surface area contributed by atoms with E-state index in [9.17, 15) is 14.7 Å². The van der Waals surface area contributed by atoms with Crippen molar-refractivity contribution in [2.45, 2.75) is 13.3 Å². The van der Waals surface area contributed by atoms with Crippen LogP contribution in [0.15, 0.2) is 41.2 Å². The van der Waals surface area contributed by atoms with Crippen LogP contribution >= 0.6 is 0 Å². The molecule has 19 heavy (non-hydrogen) atoms. The van der Waals surface area contributed by atoms with Crippen LogP contribution in [0, 0.1) is 0 Å². The van der Waals surface area contributed by atoms with E-state index in [0.29, 0.717) is 5.69 Å². The van der Waals surface area contributed by atoms with Crippen LogP contribution < -0.4 is 5.56 Å². The minimum atomic E-state index is -0.467. The highest BCUT2D eigenvalue weighted by molar-refractivity contribution is 5.98.